The van der Waals surface area contributed by atoms with Crippen LogP contribution < -0.4 is 0 Å². The smallest absolute Gasteiger partial charge is 0.375 e. The normalized spacial score (nSPS) is 22.2. The molecule has 0 aromatic heterocycles. The van der Waals surface area contributed by atoms with Crippen molar-refractivity contribution in [3.8, 4) is 0 Å². The van der Waals surface area contributed by atoms with E-state index in [2.05, 4.69) is 10.2 Å². The van der Waals surface area contributed by atoms with E-state index in [1.165, 1.54) is 0 Å². The van der Waals surface area contributed by atoms with Gasteiger partial charge in [-0.15, -0.1) is 0 Å². The Balaban J connectivity index is 2.14. The minimum atomic E-state index is -1.68. The lowest BCUT2D eigenvalue weighted by atomic mass is 9.82. The first-order valence-electron chi connectivity index (χ1n) is 7.82. The van der Waals surface area contributed by atoms with E-state index in [-0.39, 0.29) is 12.0 Å². The molecule has 24 heavy (non-hydrogen) atoms. The van der Waals surface area contributed by atoms with E-state index in [4.69, 9.17) is 9.84 Å². The van der Waals surface area contributed by atoms with Gasteiger partial charge in [0.05, 0.1) is 11.8 Å². The average Bonchev–Trinajstić information content (AvgIpc) is 2.62. The number of rotatable bonds is 7. The largest absolute Gasteiger partial charge is 0.475 e. The third-order valence-corrected chi connectivity index (χ3v) is 4.18. The van der Waals surface area contributed by atoms with Crippen molar-refractivity contribution in [2.24, 2.45) is 16.1 Å². The molecule has 0 heterocycles. The third-order valence-electron chi connectivity index (χ3n) is 4.18. The summed E-state index contributed by atoms with van der Waals surface area (Å²) in [6, 6.07) is 6.97. The van der Waals surface area contributed by atoms with Crippen LogP contribution in [0, 0.1) is 5.92 Å². The van der Waals surface area contributed by atoms with Crippen molar-refractivity contribution >= 4 is 23.2 Å². The van der Waals surface area contributed by atoms with Gasteiger partial charge in [0.25, 0.3) is 5.78 Å². The monoisotopic (exact) mass is 332 g/mol. The van der Waals surface area contributed by atoms with Crippen molar-refractivity contribution < 1.29 is 24.2 Å². The first-order chi connectivity index (χ1) is 11.5. The van der Waals surface area contributed by atoms with Gasteiger partial charge in [0.15, 0.2) is 11.8 Å². The Morgan fingerprint density at radius 3 is 2.29 bits per heavy atom. The number of azo groups is 1. The molecule has 0 bridgehead atoms. The minimum absolute atomic E-state index is 0.105. The highest BCUT2D eigenvalue weighted by Gasteiger charge is 2.37. The number of carboxylic acids is 1. The van der Waals surface area contributed by atoms with Gasteiger partial charge in [0.2, 0.25) is 0 Å². The summed E-state index contributed by atoms with van der Waals surface area (Å²) in [5.74, 6) is -3.78. The fourth-order valence-electron chi connectivity index (χ4n) is 2.78. The molecular weight excluding hydrogens is 312 g/mol. The van der Waals surface area contributed by atoms with E-state index in [1.807, 2.05) is 0 Å². The van der Waals surface area contributed by atoms with Crippen LogP contribution >= 0.6 is 0 Å². The van der Waals surface area contributed by atoms with Gasteiger partial charge in [-0.3, -0.25) is 9.59 Å². The lowest BCUT2D eigenvalue weighted by Gasteiger charge is -2.27. The highest BCUT2D eigenvalue weighted by molar-refractivity contribution is 6.39. The zero-order valence-corrected chi connectivity index (χ0v) is 13.4. The van der Waals surface area contributed by atoms with Gasteiger partial charge in [-0.25, -0.2) is 4.79 Å². The molecule has 1 aromatic carbocycles. The molecule has 1 aromatic rings. The van der Waals surface area contributed by atoms with Crippen molar-refractivity contribution in [3.05, 3.63) is 30.3 Å². The summed E-state index contributed by atoms with van der Waals surface area (Å²) in [7, 11) is 1.62. The number of Topliss-reactive ketones (excluding diaryl/α,β-unsaturated/α-hetero) is 2. The highest BCUT2D eigenvalue weighted by Crippen LogP contribution is 2.28. The fraction of sp³-hybridized carbons (Fsp3) is 0.471. The van der Waals surface area contributed by atoms with E-state index in [0.29, 0.717) is 31.4 Å². The maximum atomic E-state index is 12.6. The van der Waals surface area contributed by atoms with Crippen LogP contribution in [0.25, 0.3) is 0 Å². The van der Waals surface area contributed by atoms with E-state index in [9.17, 15) is 14.4 Å². The molecule has 1 unspecified atom stereocenters. The minimum Gasteiger partial charge on any atom is -0.475 e. The maximum absolute atomic E-state index is 12.6. The fourth-order valence-corrected chi connectivity index (χ4v) is 2.78. The van der Waals surface area contributed by atoms with E-state index in [0.717, 1.165) is 0 Å². The molecule has 0 radical (unpaired) electrons. The first kappa shape index (κ1) is 17.9. The summed E-state index contributed by atoms with van der Waals surface area (Å²) in [4.78, 5) is 35.5. The van der Waals surface area contributed by atoms with Crippen molar-refractivity contribution in [3.63, 3.8) is 0 Å². The van der Waals surface area contributed by atoms with Gasteiger partial charge in [0, 0.05) is 13.0 Å². The van der Waals surface area contributed by atoms with Gasteiger partial charge in [-0.2, -0.15) is 10.2 Å². The number of ketones is 2. The lowest BCUT2D eigenvalue weighted by molar-refractivity contribution is -0.151. The van der Waals surface area contributed by atoms with Crippen molar-refractivity contribution in [2.45, 2.75) is 37.8 Å². The number of hydrogen-bond donors (Lipinski definition) is 1. The zero-order valence-electron chi connectivity index (χ0n) is 13.4. The van der Waals surface area contributed by atoms with Crippen LogP contribution in [-0.2, 0) is 19.1 Å². The first-order valence-corrected chi connectivity index (χ1v) is 7.82. The van der Waals surface area contributed by atoms with Crippen LogP contribution in [0.2, 0.25) is 0 Å². The number of carboxylic acid groups (broad SMARTS) is 1. The second kappa shape index (κ2) is 8.44. The van der Waals surface area contributed by atoms with Gasteiger partial charge in [-0.05, 0) is 37.8 Å². The van der Waals surface area contributed by atoms with E-state index in [1.54, 1.807) is 37.4 Å². The molecule has 1 aliphatic carbocycles. The molecule has 1 fully saturated rings. The summed E-state index contributed by atoms with van der Waals surface area (Å²) in [5.41, 5.74) is 0.455. The molecule has 0 amide bonds. The molecule has 2 rings (SSSR count). The predicted molar refractivity (Wildman–Crippen MR) is 85.2 cm³/mol. The molecule has 1 atom stereocenters. The molecule has 0 aliphatic heterocycles. The summed E-state index contributed by atoms with van der Waals surface area (Å²) < 4.78 is 5.26. The van der Waals surface area contributed by atoms with Crippen molar-refractivity contribution in [2.75, 3.05) is 7.11 Å². The third kappa shape index (κ3) is 4.55. The van der Waals surface area contributed by atoms with Gasteiger partial charge in [-0.1, -0.05) is 18.2 Å². The van der Waals surface area contributed by atoms with Crippen LogP contribution in [0.5, 0.6) is 0 Å². The van der Waals surface area contributed by atoms with Crippen LogP contribution in [0.4, 0.5) is 5.69 Å². The molecule has 7 nitrogen and oxygen atoms in total. The maximum Gasteiger partial charge on any atom is 0.375 e. The Bertz CT molecular complexity index is 621. The molecule has 128 valence electrons. The Kier molecular flexibility index (Phi) is 6.31. The number of carbonyl (C=O) groups is 3. The SMILES string of the molecule is COC1CCC(C(=O)C(/N=N/c2ccccc2)C(=O)C(=O)O)CC1. The average molecular weight is 332 g/mol. The number of aliphatic carboxylic acids is 1. The second-order valence-electron chi connectivity index (χ2n) is 5.73. The van der Waals surface area contributed by atoms with Crippen LogP contribution in [-0.4, -0.2) is 41.9 Å². The van der Waals surface area contributed by atoms with Crippen LogP contribution in [0.15, 0.2) is 40.6 Å². The molecular formula is C17H20N2O5. The van der Waals surface area contributed by atoms with Gasteiger partial charge < -0.3 is 9.84 Å². The Morgan fingerprint density at radius 2 is 1.75 bits per heavy atom. The molecule has 7 heteroatoms. The second-order valence-corrected chi connectivity index (χ2v) is 5.73. The molecule has 1 aliphatic rings. The molecule has 1 saturated carbocycles. The van der Waals surface area contributed by atoms with Crippen LogP contribution in [0.1, 0.15) is 25.7 Å². The molecule has 0 saturated heterocycles. The zero-order chi connectivity index (χ0) is 17.5. The lowest BCUT2D eigenvalue weighted by Crippen LogP contribution is -2.39. The Morgan fingerprint density at radius 1 is 1.12 bits per heavy atom. The summed E-state index contributed by atoms with van der Waals surface area (Å²) >= 11 is 0. The molecule has 0 spiro atoms. The topological polar surface area (TPSA) is 105 Å². The van der Waals surface area contributed by atoms with Crippen LogP contribution in [0.3, 0.4) is 0 Å². The quantitative estimate of drug-likeness (QED) is 0.469. The number of methoxy groups -OCH3 is 1. The number of ether oxygens (including phenoxy) is 1. The summed E-state index contributed by atoms with van der Waals surface area (Å²) in [6.45, 7) is 0. The Hall–Kier alpha value is -2.41. The number of nitrogens with zero attached hydrogens (tertiary/aromatic N) is 2. The summed E-state index contributed by atoms with van der Waals surface area (Å²) in [6.07, 6.45) is 2.63. The van der Waals surface area contributed by atoms with E-state index >= 15 is 0 Å². The van der Waals surface area contributed by atoms with Gasteiger partial charge >= 0.3 is 5.97 Å². The number of benzene rings is 1. The van der Waals surface area contributed by atoms with E-state index < -0.39 is 23.6 Å². The van der Waals surface area contributed by atoms with Crippen molar-refractivity contribution in [1.29, 1.82) is 0 Å². The predicted octanol–water partition coefficient (Wildman–Crippen LogP) is 2.57. The van der Waals surface area contributed by atoms with Gasteiger partial charge in [0.1, 0.15) is 0 Å². The molecule has 1 N–H and O–H groups in total. The number of hydrogen-bond acceptors (Lipinski definition) is 6. The highest BCUT2D eigenvalue weighted by atomic mass is 16.5. The Labute approximate surface area is 139 Å². The standard InChI is InChI=1S/C17H20N2O5/c1-24-13-9-7-11(8-10-13)15(20)14(16(21)17(22)23)19-18-12-5-3-2-4-6-12/h2-6,11,13-14H,7-10H2,1H3,(H,22,23)/b19-18+. The summed E-state index contributed by atoms with van der Waals surface area (Å²) in [5, 5.41) is 16.5. The number of carbonyl (C=O) groups excluding carboxylic acids is 2. The van der Waals surface area contributed by atoms with Crippen molar-refractivity contribution in [1.82, 2.24) is 0 Å².